The zero-order chi connectivity index (χ0) is 15.7. The fourth-order valence-corrected chi connectivity index (χ4v) is 2.51. The Kier molecular flexibility index (Phi) is 3.86. The van der Waals surface area contributed by atoms with Gasteiger partial charge in [0, 0.05) is 23.1 Å². The normalized spacial score (nSPS) is 10.9. The minimum atomic E-state index is -0.110. The van der Waals surface area contributed by atoms with Crippen molar-refractivity contribution in [3.8, 4) is 0 Å². The summed E-state index contributed by atoms with van der Waals surface area (Å²) in [6, 6.07) is 9.43. The van der Waals surface area contributed by atoms with Crippen LogP contribution in [0.4, 0.5) is 5.69 Å². The molecule has 22 heavy (non-hydrogen) atoms. The van der Waals surface area contributed by atoms with Crippen molar-refractivity contribution in [2.75, 3.05) is 5.32 Å². The lowest BCUT2D eigenvalue weighted by molar-refractivity contribution is -0.115. The van der Waals surface area contributed by atoms with Crippen LogP contribution in [-0.2, 0) is 11.2 Å². The van der Waals surface area contributed by atoms with Crippen LogP contribution in [0.5, 0.6) is 0 Å². The molecule has 0 atom stereocenters. The maximum atomic E-state index is 12.1. The molecule has 1 N–H and O–H groups in total. The van der Waals surface area contributed by atoms with E-state index in [1.165, 1.54) is 0 Å². The van der Waals surface area contributed by atoms with Crippen LogP contribution < -0.4 is 5.32 Å². The molecule has 5 heteroatoms. The SMILES string of the molecule is Cc1ccc(NC(=O)Cc2cn3cccc(C)c3n2)cc1Cl. The average molecular weight is 314 g/mol. The predicted molar refractivity (Wildman–Crippen MR) is 88.5 cm³/mol. The number of pyridine rings is 1. The number of aryl methyl sites for hydroxylation is 2. The van der Waals surface area contributed by atoms with E-state index in [4.69, 9.17) is 11.6 Å². The molecule has 0 saturated carbocycles. The van der Waals surface area contributed by atoms with Gasteiger partial charge in [0.25, 0.3) is 0 Å². The van der Waals surface area contributed by atoms with Gasteiger partial charge in [-0.25, -0.2) is 4.98 Å². The fraction of sp³-hybridized carbons (Fsp3) is 0.176. The Balaban J connectivity index is 1.75. The van der Waals surface area contributed by atoms with Crippen molar-refractivity contribution in [3.05, 3.63) is 64.6 Å². The molecule has 1 amide bonds. The highest BCUT2D eigenvalue weighted by molar-refractivity contribution is 6.31. The van der Waals surface area contributed by atoms with E-state index in [1.54, 1.807) is 6.07 Å². The third-order valence-corrected chi connectivity index (χ3v) is 3.93. The largest absolute Gasteiger partial charge is 0.326 e. The van der Waals surface area contributed by atoms with E-state index in [9.17, 15) is 4.79 Å². The first-order valence-corrected chi connectivity index (χ1v) is 7.40. The van der Waals surface area contributed by atoms with Crippen LogP contribution in [0, 0.1) is 13.8 Å². The molecule has 3 rings (SSSR count). The van der Waals surface area contributed by atoms with Crippen LogP contribution >= 0.6 is 11.6 Å². The van der Waals surface area contributed by atoms with E-state index in [0.29, 0.717) is 10.7 Å². The first kappa shape index (κ1) is 14.6. The number of carbonyl (C=O) groups is 1. The second-order valence-electron chi connectivity index (χ2n) is 5.34. The van der Waals surface area contributed by atoms with E-state index in [0.717, 1.165) is 22.5 Å². The number of aromatic nitrogens is 2. The number of hydrogen-bond acceptors (Lipinski definition) is 2. The van der Waals surface area contributed by atoms with Crippen molar-refractivity contribution in [2.24, 2.45) is 0 Å². The van der Waals surface area contributed by atoms with Gasteiger partial charge in [-0.1, -0.05) is 23.7 Å². The number of rotatable bonds is 3. The highest BCUT2D eigenvalue weighted by atomic mass is 35.5. The Morgan fingerprint density at radius 3 is 2.82 bits per heavy atom. The Labute approximate surface area is 133 Å². The average Bonchev–Trinajstić information content (AvgIpc) is 2.87. The van der Waals surface area contributed by atoms with Gasteiger partial charge in [-0.3, -0.25) is 4.79 Å². The fourth-order valence-electron chi connectivity index (χ4n) is 2.33. The number of hydrogen-bond donors (Lipinski definition) is 1. The summed E-state index contributed by atoms with van der Waals surface area (Å²) in [6.45, 7) is 3.92. The molecule has 0 aliphatic heterocycles. The maximum Gasteiger partial charge on any atom is 0.230 e. The molecule has 1 aromatic carbocycles. The molecule has 0 aliphatic rings. The highest BCUT2D eigenvalue weighted by Gasteiger charge is 2.09. The molecule has 112 valence electrons. The molecule has 2 aromatic heterocycles. The summed E-state index contributed by atoms with van der Waals surface area (Å²) < 4.78 is 1.93. The topological polar surface area (TPSA) is 46.4 Å². The Morgan fingerprint density at radius 2 is 2.09 bits per heavy atom. The molecule has 0 unspecified atom stereocenters. The van der Waals surface area contributed by atoms with E-state index in [2.05, 4.69) is 10.3 Å². The molecule has 4 nitrogen and oxygen atoms in total. The van der Waals surface area contributed by atoms with Crippen LogP contribution in [0.15, 0.2) is 42.7 Å². The van der Waals surface area contributed by atoms with Crippen molar-refractivity contribution in [1.29, 1.82) is 0 Å². The molecule has 0 bridgehead atoms. The van der Waals surface area contributed by atoms with Gasteiger partial charge in [-0.15, -0.1) is 0 Å². The summed E-state index contributed by atoms with van der Waals surface area (Å²) in [5.74, 6) is -0.110. The minimum Gasteiger partial charge on any atom is -0.326 e. The van der Waals surface area contributed by atoms with E-state index in [-0.39, 0.29) is 12.3 Å². The molecule has 0 aliphatic carbocycles. The standard InChI is InChI=1S/C17H16ClN3O/c1-11-5-6-13(8-15(11)18)19-16(22)9-14-10-21-7-3-4-12(2)17(21)20-14/h3-8,10H,9H2,1-2H3,(H,19,22). The molecule has 0 saturated heterocycles. The van der Waals surface area contributed by atoms with E-state index in [1.807, 2.05) is 54.9 Å². The monoisotopic (exact) mass is 313 g/mol. The van der Waals surface area contributed by atoms with Gasteiger partial charge >= 0.3 is 0 Å². The van der Waals surface area contributed by atoms with Crippen LogP contribution in [0.1, 0.15) is 16.8 Å². The van der Waals surface area contributed by atoms with Crippen LogP contribution in [0.3, 0.4) is 0 Å². The van der Waals surface area contributed by atoms with Gasteiger partial charge in [0.2, 0.25) is 5.91 Å². The van der Waals surface area contributed by atoms with Gasteiger partial charge < -0.3 is 9.72 Å². The zero-order valence-corrected chi connectivity index (χ0v) is 13.2. The van der Waals surface area contributed by atoms with E-state index >= 15 is 0 Å². The number of nitrogens with zero attached hydrogens (tertiary/aromatic N) is 2. The lowest BCUT2D eigenvalue weighted by atomic mass is 10.2. The second kappa shape index (κ2) is 5.81. The van der Waals surface area contributed by atoms with Crippen LogP contribution in [0.2, 0.25) is 5.02 Å². The quantitative estimate of drug-likeness (QED) is 0.799. The molecule has 0 radical (unpaired) electrons. The lowest BCUT2D eigenvalue weighted by Crippen LogP contribution is -2.14. The predicted octanol–water partition coefficient (Wildman–Crippen LogP) is 3.79. The summed E-state index contributed by atoms with van der Waals surface area (Å²) in [5.41, 5.74) is 4.38. The summed E-state index contributed by atoms with van der Waals surface area (Å²) in [7, 11) is 0. The summed E-state index contributed by atoms with van der Waals surface area (Å²) in [5, 5.41) is 3.48. The first-order chi connectivity index (χ1) is 10.5. The maximum absolute atomic E-state index is 12.1. The molecule has 0 spiro atoms. The van der Waals surface area contributed by atoms with Crippen LogP contribution in [0.25, 0.3) is 5.65 Å². The smallest absolute Gasteiger partial charge is 0.230 e. The van der Waals surface area contributed by atoms with Crippen molar-refractivity contribution in [3.63, 3.8) is 0 Å². The highest BCUT2D eigenvalue weighted by Crippen LogP contribution is 2.20. The number of fused-ring (bicyclic) bond motifs is 1. The molecular weight excluding hydrogens is 298 g/mol. The van der Waals surface area contributed by atoms with Crippen molar-refractivity contribution < 1.29 is 4.79 Å². The van der Waals surface area contributed by atoms with Gasteiger partial charge in [0.1, 0.15) is 5.65 Å². The van der Waals surface area contributed by atoms with Crippen molar-refractivity contribution in [2.45, 2.75) is 20.3 Å². The van der Waals surface area contributed by atoms with Gasteiger partial charge in [0.05, 0.1) is 12.1 Å². The summed E-state index contributed by atoms with van der Waals surface area (Å²) in [4.78, 5) is 16.6. The Hall–Kier alpha value is -2.33. The number of amides is 1. The number of carbonyl (C=O) groups excluding carboxylic acids is 1. The van der Waals surface area contributed by atoms with E-state index < -0.39 is 0 Å². The summed E-state index contributed by atoms with van der Waals surface area (Å²) >= 11 is 6.06. The third-order valence-electron chi connectivity index (χ3n) is 3.53. The molecule has 3 aromatic rings. The zero-order valence-electron chi connectivity index (χ0n) is 12.4. The number of halogens is 1. The first-order valence-electron chi connectivity index (χ1n) is 7.02. The van der Waals surface area contributed by atoms with Gasteiger partial charge in [0.15, 0.2) is 0 Å². The molecular formula is C17H16ClN3O. The minimum absolute atomic E-state index is 0.110. The Morgan fingerprint density at radius 1 is 1.27 bits per heavy atom. The second-order valence-corrected chi connectivity index (χ2v) is 5.75. The summed E-state index contributed by atoms with van der Waals surface area (Å²) in [6.07, 6.45) is 4.03. The number of anilines is 1. The molecule has 0 fully saturated rings. The Bertz CT molecular complexity index is 854. The third kappa shape index (κ3) is 2.97. The molecule has 2 heterocycles. The van der Waals surface area contributed by atoms with Gasteiger partial charge in [-0.05, 0) is 43.2 Å². The van der Waals surface area contributed by atoms with Crippen LogP contribution in [-0.4, -0.2) is 15.3 Å². The van der Waals surface area contributed by atoms with Crippen molar-refractivity contribution in [1.82, 2.24) is 9.38 Å². The lowest BCUT2D eigenvalue weighted by Gasteiger charge is -2.05. The number of imidazole rings is 1. The van der Waals surface area contributed by atoms with Crippen molar-refractivity contribution >= 4 is 28.8 Å². The number of benzene rings is 1. The number of nitrogens with one attached hydrogen (secondary N) is 1. The van der Waals surface area contributed by atoms with Gasteiger partial charge in [-0.2, -0.15) is 0 Å².